The van der Waals surface area contributed by atoms with Gasteiger partial charge in [0.25, 0.3) is 5.91 Å². The summed E-state index contributed by atoms with van der Waals surface area (Å²) in [5.41, 5.74) is 2.31. The monoisotopic (exact) mass is 618 g/mol. The number of carbonyl (C=O) groups is 3. The Labute approximate surface area is 257 Å². The van der Waals surface area contributed by atoms with Gasteiger partial charge < -0.3 is 19.6 Å². The molecular formula is C31H37Cl3N4O3. The highest BCUT2D eigenvalue weighted by Gasteiger charge is 2.42. The van der Waals surface area contributed by atoms with Crippen molar-refractivity contribution in [2.24, 2.45) is 17.8 Å². The van der Waals surface area contributed by atoms with Gasteiger partial charge >= 0.3 is 0 Å². The molecule has 3 heterocycles. The molecule has 3 aliphatic rings. The number of hydrogen-bond acceptors (Lipinski definition) is 4. The molecule has 7 nitrogen and oxygen atoms in total. The quantitative estimate of drug-likeness (QED) is 0.403. The number of likely N-dealkylation sites (tertiary alicyclic amines) is 3. The highest BCUT2D eigenvalue weighted by Crippen LogP contribution is 2.34. The van der Waals surface area contributed by atoms with Crippen molar-refractivity contribution in [2.75, 3.05) is 57.3 Å². The summed E-state index contributed by atoms with van der Waals surface area (Å²) in [6, 6.07) is 10.8. The van der Waals surface area contributed by atoms with E-state index in [0.717, 1.165) is 50.4 Å². The molecule has 0 bridgehead atoms. The first-order valence-electron chi connectivity index (χ1n) is 14.4. The molecule has 0 saturated carbocycles. The average Bonchev–Trinajstić information content (AvgIpc) is 3.51. The van der Waals surface area contributed by atoms with Gasteiger partial charge in [-0.2, -0.15) is 0 Å². The lowest BCUT2D eigenvalue weighted by atomic mass is 9.94. The number of fused-ring (bicyclic) bond motifs is 1. The fraction of sp³-hybridized carbons (Fsp3) is 0.516. The van der Waals surface area contributed by atoms with Crippen LogP contribution in [0.5, 0.6) is 0 Å². The first-order chi connectivity index (χ1) is 19.6. The minimum atomic E-state index is -0.102. The molecule has 10 heteroatoms. The van der Waals surface area contributed by atoms with Crippen LogP contribution in [0, 0.1) is 24.7 Å². The fourth-order valence-electron chi connectivity index (χ4n) is 6.50. The minimum absolute atomic E-state index is 0.0346. The van der Waals surface area contributed by atoms with E-state index >= 15 is 0 Å². The molecule has 0 aliphatic carbocycles. The highest BCUT2D eigenvalue weighted by molar-refractivity contribution is 6.36. The first kappa shape index (κ1) is 30.1. The predicted octanol–water partition coefficient (Wildman–Crippen LogP) is 5.64. The van der Waals surface area contributed by atoms with Crippen LogP contribution in [0.4, 0.5) is 5.69 Å². The zero-order chi connectivity index (χ0) is 29.3. The molecule has 0 radical (unpaired) electrons. The number of piperidine rings is 1. The molecule has 2 unspecified atom stereocenters. The first-order valence-corrected chi connectivity index (χ1v) is 15.5. The number of rotatable bonds is 7. The maximum absolute atomic E-state index is 13.7. The van der Waals surface area contributed by atoms with E-state index in [1.54, 1.807) is 25.1 Å². The predicted molar refractivity (Wildman–Crippen MR) is 164 cm³/mol. The number of benzene rings is 2. The van der Waals surface area contributed by atoms with Crippen molar-refractivity contribution in [3.63, 3.8) is 0 Å². The van der Waals surface area contributed by atoms with E-state index in [9.17, 15) is 14.4 Å². The van der Waals surface area contributed by atoms with E-state index in [0.29, 0.717) is 64.9 Å². The van der Waals surface area contributed by atoms with E-state index in [1.165, 1.54) is 0 Å². The van der Waals surface area contributed by atoms with Gasteiger partial charge in [0.2, 0.25) is 11.8 Å². The smallest absolute Gasteiger partial charge is 0.255 e. The topological polar surface area (TPSA) is 64.2 Å². The normalized spacial score (nSPS) is 21.3. The molecule has 41 heavy (non-hydrogen) atoms. The zero-order valence-electron chi connectivity index (χ0n) is 23.6. The number of hydrogen-bond donors (Lipinski definition) is 0. The molecule has 0 spiro atoms. The van der Waals surface area contributed by atoms with Crippen LogP contribution in [0.3, 0.4) is 0 Å². The van der Waals surface area contributed by atoms with E-state index in [4.69, 9.17) is 34.8 Å². The Hall–Kier alpha value is -2.32. The van der Waals surface area contributed by atoms with Gasteiger partial charge in [0.15, 0.2) is 0 Å². The van der Waals surface area contributed by atoms with Crippen molar-refractivity contribution in [3.8, 4) is 0 Å². The Kier molecular flexibility index (Phi) is 9.49. The van der Waals surface area contributed by atoms with Gasteiger partial charge in [-0.05, 0) is 80.5 Å². The minimum Gasteiger partial charge on any atom is -0.343 e. The summed E-state index contributed by atoms with van der Waals surface area (Å²) in [5, 5.41) is 1.56. The lowest BCUT2D eigenvalue weighted by molar-refractivity contribution is -0.133. The summed E-state index contributed by atoms with van der Waals surface area (Å²) < 4.78 is 0. The van der Waals surface area contributed by atoms with Crippen molar-refractivity contribution >= 4 is 58.2 Å². The van der Waals surface area contributed by atoms with Crippen molar-refractivity contribution < 1.29 is 14.4 Å². The van der Waals surface area contributed by atoms with Crippen LogP contribution in [0.15, 0.2) is 36.4 Å². The Balaban J connectivity index is 1.16. The maximum atomic E-state index is 13.7. The summed E-state index contributed by atoms with van der Waals surface area (Å²) in [6.45, 7) is 9.61. The Morgan fingerprint density at radius 1 is 0.878 bits per heavy atom. The average molecular weight is 620 g/mol. The van der Waals surface area contributed by atoms with Gasteiger partial charge in [0.05, 0.1) is 10.6 Å². The number of carbonyl (C=O) groups excluding carboxylic acids is 3. The molecule has 2 aromatic rings. The van der Waals surface area contributed by atoms with Crippen molar-refractivity contribution in [1.29, 1.82) is 0 Å². The Bertz CT molecular complexity index is 1300. The number of halogens is 3. The van der Waals surface area contributed by atoms with Crippen LogP contribution in [-0.2, 0) is 9.59 Å². The lowest BCUT2D eigenvalue weighted by Crippen LogP contribution is -2.44. The number of amides is 3. The van der Waals surface area contributed by atoms with E-state index < -0.39 is 0 Å². The Morgan fingerprint density at radius 2 is 1.56 bits per heavy atom. The molecule has 0 aromatic heterocycles. The third-order valence-corrected chi connectivity index (χ3v) is 9.84. The molecule has 0 N–H and O–H groups in total. The van der Waals surface area contributed by atoms with Gasteiger partial charge in [-0.25, -0.2) is 0 Å². The summed E-state index contributed by atoms with van der Waals surface area (Å²) in [7, 11) is 0. The molecule has 3 fully saturated rings. The number of anilines is 1. The zero-order valence-corrected chi connectivity index (χ0v) is 25.9. The van der Waals surface area contributed by atoms with Crippen LogP contribution < -0.4 is 4.90 Å². The van der Waals surface area contributed by atoms with Crippen molar-refractivity contribution in [1.82, 2.24) is 14.7 Å². The van der Waals surface area contributed by atoms with Crippen molar-refractivity contribution in [3.05, 3.63) is 62.6 Å². The van der Waals surface area contributed by atoms with Crippen LogP contribution in [-0.4, -0.2) is 84.8 Å². The standard InChI is InChI=1S/C31H37Cl3N4O3/c1-20-4-6-26(15-28(20)33)38(30(40)22-8-12-36(13-9-22)21(2)39)11-3-10-35-16-23-18-37(19-24(23)17-35)31(41)27-7-5-25(32)14-29(27)34/h4-7,14-15,22-24H,3,8-13,16-19H2,1-2H3. The summed E-state index contributed by atoms with van der Waals surface area (Å²) in [4.78, 5) is 46.7. The SMILES string of the molecule is CC(=O)N1CCC(C(=O)N(CCCN2CC3CN(C(=O)c4ccc(Cl)cc4Cl)CC3C2)c2ccc(C)c(Cl)c2)CC1. The third kappa shape index (κ3) is 6.85. The molecule has 220 valence electrons. The Morgan fingerprint density at radius 3 is 2.17 bits per heavy atom. The molecule has 2 atom stereocenters. The molecule has 3 aliphatic heterocycles. The van der Waals surface area contributed by atoms with E-state index in [2.05, 4.69) is 4.90 Å². The molecule has 3 saturated heterocycles. The van der Waals surface area contributed by atoms with Crippen LogP contribution in [0.25, 0.3) is 0 Å². The maximum Gasteiger partial charge on any atom is 0.255 e. The molecule has 5 rings (SSSR count). The van der Waals surface area contributed by atoms with Crippen molar-refractivity contribution in [2.45, 2.75) is 33.1 Å². The highest BCUT2D eigenvalue weighted by atomic mass is 35.5. The van der Waals surface area contributed by atoms with Gasteiger partial charge in [0, 0.05) is 74.4 Å². The molecular weight excluding hydrogens is 583 g/mol. The van der Waals surface area contributed by atoms with E-state index in [-0.39, 0.29) is 23.6 Å². The number of nitrogens with zero attached hydrogens (tertiary/aromatic N) is 4. The second-order valence-corrected chi connectivity index (χ2v) is 12.9. The van der Waals surface area contributed by atoms with E-state index in [1.807, 2.05) is 39.8 Å². The number of aryl methyl sites for hydroxylation is 1. The van der Waals surface area contributed by atoms with Gasteiger partial charge in [-0.3, -0.25) is 14.4 Å². The third-order valence-electron chi connectivity index (χ3n) is 8.89. The van der Waals surface area contributed by atoms with Crippen LogP contribution in [0.2, 0.25) is 15.1 Å². The molecule has 2 aromatic carbocycles. The summed E-state index contributed by atoms with van der Waals surface area (Å²) in [6.07, 6.45) is 2.20. The fourth-order valence-corrected chi connectivity index (χ4v) is 7.17. The lowest BCUT2D eigenvalue weighted by Gasteiger charge is -2.34. The van der Waals surface area contributed by atoms with Crippen LogP contribution in [0.1, 0.15) is 42.1 Å². The van der Waals surface area contributed by atoms with Crippen LogP contribution >= 0.6 is 34.8 Å². The van der Waals surface area contributed by atoms with Gasteiger partial charge in [-0.15, -0.1) is 0 Å². The second-order valence-electron chi connectivity index (χ2n) is 11.7. The van der Waals surface area contributed by atoms with Gasteiger partial charge in [0.1, 0.15) is 0 Å². The summed E-state index contributed by atoms with van der Waals surface area (Å²) in [5.74, 6) is 0.911. The van der Waals surface area contributed by atoms with Gasteiger partial charge in [-0.1, -0.05) is 40.9 Å². The molecule has 3 amide bonds. The largest absolute Gasteiger partial charge is 0.343 e. The second kappa shape index (κ2) is 12.9. The summed E-state index contributed by atoms with van der Waals surface area (Å²) >= 11 is 18.7.